The van der Waals surface area contributed by atoms with Crippen molar-refractivity contribution in [1.29, 1.82) is 0 Å². The molecule has 1 atom stereocenters. The molecule has 164 valence electrons. The molecule has 1 aliphatic rings. The highest BCUT2D eigenvalue weighted by Crippen LogP contribution is 2.44. The summed E-state index contributed by atoms with van der Waals surface area (Å²) in [6.45, 7) is 4.68. The maximum atomic E-state index is 13.4. The molecule has 3 aromatic carbocycles. The summed E-state index contributed by atoms with van der Waals surface area (Å²) in [4.78, 5) is 28.0. The van der Waals surface area contributed by atoms with Crippen LogP contribution in [-0.2, 0) is 16.9 Å². The van der Waals surface area contributed by atoms with Crippen LogP contribution in [0.15, 0.2) is 66.7 Å². The number of carbonyl (C=O) groups is 2. The first-order valence-electron chi connectivity index (χ1n) is 10.5. The number of anilines is 1. The Morgan fingerprint density at radius 2 is 1.75 bits per heavy atom. The number of ketones is 1. The molecule has 5 nitrogen and oxygen atoms in total. The molecule has 1 amide bonds. The minimum absolute atomic E-state index is 0.285. The Balaban J connectivity index is 1.65. The van der Waals surface area contributed by atoms with Crippen molar-refractivity contribution in [3.8, 4) is 5.75 Å². The van der Waals surface area contributed by atoms with Gasteiger partial charge in [-0.25, -0.2) is 0 Å². The normalized spacial score (nSPS) is 17.4. The summed E-state index contributed by atoms with van der Waals surface area (Å²) in [5.41, 5.74) is 1.36. The number of halogens is 1. The van der Waals surface area contributed by atoms with Gasteiger partial charge in [0.25, 0.3) is 5.91 Å². The fraction of sp³-hybridized carbons (Fsp3) is 0.231. The van der Waals surface area contributed by atoms with Crippen molar-refractivity contribution in [1.82, 2.24) is 0 Å². The maximum absolute atomic E-state index is 13.4. The minimum Gasteiger partial charge on any atom is -0.494 e. The highest BCUT2D eigenvalue weighted by molar-refractivity contribution is 6.31. The number of benzene rings is 3. The van der Waals surface area contributed by atoms with Crippen molar-refractivity contribution in [3.63, 3.8) is 0 Å². The Kier molecular flexibility index (Phi) is 6.04. The Hall–Kier alpha value is -3.15. The maximum Gasteiger partial charge on any atom is 0.264 e. The van der Waals surface area contributed by atoms with E-state index in [1.807, 2.05) is 38.1 Å². The second kappa shape index (κ2) is 8.77. The second-order valence-corrected chi connectivity index (χ2v) is 8.39. The number of amides is 1. The van der Waals surface area contributed by atoms with Crippen LogP contribution in [0.2, 0.25) is 5.02 Å². The zero-order valence-corrected chi connectivity index (χ0v) is 18.7. The van der Waals surface area contributed by atoms with Gasteiger partial charge in [-0.2, -0.15) is 0 Å². The van der Waals surface area contributed by atoms with Crippen molar-refractivity contribution in [2.75, 3.05) is 11.5 Å². The molecule has 3 aromatic rings. The number of hydrogen-bond donors (Lipinski definition) is 1. The van der Waals surface area contributed by atoms with E-state index in [1.165, 1.54) is 4.90 Å². The van der Waals surface area contributed by atoms with Crippen LogP contribution in [0, 0.1) is 6.92 Å². The fourth-order valence-electron chi connectivity index (χ4n) is 3.96. The first-order valence-corrected chi connectivity index (χ1v) is 10.9. The van der Waals surface area contributed by atoms with E-state index in [0.29, 0.717) is 34.2 Å². The van der Waals surface area contributed by atoms with Gasteiger partial charge < -0.3 is 14.7 Å². The van der Waals surface area contributed by atoms with Crippen LogP contribution in [0.4, 0.5) is 5.69 Å². The van der Waals surface area contributed by atoms with Crippen LogP contribution in [0.25, 0.3) is 0 Å². The SMILES string of the molecule is CCOc1ccc(C(=O)C[C@]2(O)C(=O)N(Cc3ccc(C)cc3)c3ccc(Cl)cc32)cc1. The number of ether oxygens (including phenoxy) is 1. The molecule has 4 rings (SSSR count). The molecule has 1 heterocycles. The topological polar surface area (TPSA) is 66.8 Å². The fourth-order valence-corrected chi connectivity index (χ4v) is 4.14. The Labute approximate surface area is 192 Å². The molecular formula is C26H24ClNO4. The summed E-state index contributed by atoms with van der Waals surface area (Å²) in [6.07, 6.45) is -0.377. The van der Waals surface area contributed by atoms with Crippen LogP contribution in [0.3, 0.4) is 0 Å². The Morgan fingerprint density at radius 1 is 1.06 bits per heavy atom. The average molecular weight is 450 g/mol. The van der Waals surface area contributed by atoms with Crippen molar-refractivity contribution in [3.05, 3.63) is 94.0 Å². The van der Waals surface area contributed by atoms with Crippen molar-refractivity contribution in [2.24, 2.45) is 0 Å². The molecule has 0 radical (unpaired) electrons. The van der Waals surface area contributed by atoms with E-state index in [-0.39, 0.29) is 18.7 Å². The summed E-state index contributed by atoms with van der Waals surface area (Å²) in [7, 11) is 0. The van der Waals surface area contributed by atoms with Gasteiger partial charge in [0, 0.05) is 16.1 Å². The van der Waals surface area contributed by atoms with Crippen LogP contribution in [-0.4, -0.2) is 23.4 Å². The highest BCUT2D eigenvalue weighted by atomic mass is 35.5. The molecule has 1 N–H and O–H groups in total. The summed E-state index contributed by atoms with van der Waals surface area (Å²) < 4.78 is 5.41. The van der Waals surface area contributed by atoms with Crippen LogP contribution in [0.1, 0.15) is 40.4 Å². The number of rotatable bonds is 7. The predicted octanol–water partition coefficient (Wildman–Crippen LogP) is 5.05. The van der Waals surface area contributed by atoms with Gasteiger partial charge in [-0.05, 0) is 61.9 Å². The van der Waals surface area contributed by atoms with Gasteiger partial charge in [0.15, 0.2) is 11.4 Å². The average Bonchev–Trinajstić information content (AvgIpc) is 2.97. The monoisotopic (exact) mass is 449 g/mol. The molecule has 0 spiro atoms. The number of aryl methyl sites for hydroxylation is 1. The molecule has 6 heteroatoms. The lowest BCUT2D eigenvalue weighted by Gasteiger charge is -2.23. The Morgan fingerprint density at radius 3 is 2.41 bits per heavy atom. The zero-order chi connectivity index (χ0) is 22.9. The van der Waals surface area contributed by atoms with Gasteiger partial charge in [-0.1, -0.05) is 41.4 Å². The number of carbonyl (C=O) groups excluding carboxylic acids is 2. The van der Waals surface area contributed by atoms with E-state index >= 15 is 0 Å². The molecular weight excluding hydrogens is 426 g/mol. The van der Waals surface area contributed by atoms with Gasteiger partial charge in [0.1, 0.15) is 5.75 Å². The lowest BCUT2D eigenvalue weighted by Crippen LogP contribution is -2.41. The quantitative estimate of drug-likeness (QED) is 0.512. The van der Waals surface area contributed by atoms with Gasteiger partial charge in [-0.3, -0.25) is 9.59 Å². The summed E-state index contributed by atoms with van der Waals surface area (Å²) in [5.74, 6) is -0.220. The lowest BCUT2D eigenvalue weighted by atomic mass is 9.88. The third kappa shape index (κ3) is 4.14. The highest BCUT2D eigenvalue weighted by Gasteiger charge is 2.51. The van der Waals surface area contributed by atoms with E-state index in [4.69, 9.17) is 16.3 Å². The second-order valence-electron chi connectivity index (χ2n) is 7.96. The minimum atomic E-state index is -1.99. The molecule has 0 fully saturated rings. The number of hydrogen-bond acceptors (Lipinski definition) is 4. The van der Waals surface area contributed by atoms with Crippen LogP contribution >= 0.6 is 11.6 Å². The van der Waals surface area contributed by atoms with Crippen molar-refractivity contribution >= 4 is 29.0 Å². The van der Waals surface area contributed by atoms with Gasteiger partial charge in [0.05, 0.1) is 25.3 Å². The third-order valence-corrected chi connectivity index (χ3v) is 5.89. The van der Waals surface area contributed by atoms with Gasteiger partial charge >= 0.3 is 0 Å². The van der Waals surface area contributed by atoms with E-state index < -0.39 is 11.5 Å². The first kappa shape index (κ1) is 22.1. The lowest BCUT2D eigenvalue weighted by molar-refractivity contribution is -0.136. The molecule has 0 saturated heterocycles. The molecule has 0 unspecified atom stereocenters. The van der Waals surface area contributed by atoms with E-state index in [1.54, 1.807) is 42.5 Å². The zero-order valence-electron chi connectivity index (χ0n) is 18.0. The third-order valence-electron chi connectivity index (χ3n) is 5.66. The molecule has 1 aliphatic heterocycles. The molecule has 0 aliphatic carbocycles. The van der Waals surface area contributed by atoms with Crippen LogP contribution < -0.4 is 9.64 Å². The van der Waals surface area contributed by atoms with Crippen LogP contribution in [0.5, 0.6) is 5.75 Å². The van der Waals surface area contributed by atoms with Gasteiger partial charge in [0.2, 0.25) is 0 Å². The van der Waals surface area contributed by atoms with E-state index in [2.05, 4.69) is 0 Å². The summed E-state index contributed by atoms with van der Waals surface area (Å²) >= 11 is 6.18. The molecule has 0 aromatic heterocycles. The first-order chi connectivity index (χ1) is 15.3. The standard InChI is InChI=1S/C26H24ClNO4/c1-3-32-21-11-8-19(9-12-21)24(29)15-26(31)22-14-20(27)10-13-23(22)28(25(26)30)16-18-6-4-17(2)5-7-18/h4-14,31H,3,15-16H2,1-2H3/t26-/m1/s1. The largest absolute Gasteiger partial charge is 0.494 e. The van der Waals surface area contributed by atoms with E-state index in [0.717, 1.165) is 11.1 Å². The number of fused-ring (bicyclic) bond motifs is 1. The smallest absolute Gasteiger partial charge is 0.264 e. The van der Waals surface area contributed by atoms with Gasteiger partial charge in [-0.15, -0.1) is 0 Å². The van der Waals surface area contributed by atoms with E-state index in [9.17, 15) is 14.7 Å². The Bertz CT molecular complexity index is 1160. The number of nitrogens with zero attached hydrogens (tertiary/aromatic N) is 1. The van der Waals surface area contributed by atoms with Crippen molar-refractivity contribution in [2.45, 2.75) is 32.4 Å². The molecule has 0 saturated carbocycles. The number of Topliss-reactive ketones (excluding diaryl/α,β-unsaturated/α-hetero) is 1. The predicted molar refractivity (Wildman–Crippen MR) is 124 cm³/mol. The van der Waals surface area contributed by atoms with Crippen molar-refractivity contribution < 1.29 is 19.4 Å². The summed E-state index contributed by atoms with van der Waals surface area (Å²) in [5, 5.41) is 11.9. The number of aliphatic hydroxyl groups is 1. The molecule has 0 bridgehead atoms. The molecule has 32 heavy (non-hydrogen) atoms. The summed E-state index contributed by atoms with van der Waals surface area (Å²) in [6, 6.07) is 19.5.